The fourth-order valence-corrected chi connectivity index (χ4v) is 3.34. The molecule has 3 rings (SSSR count). The van der Waals surface area contributed by atoms with Crippen LogP contribution >= 0.6 is 0 Å². The fourth-order valence-electron chi connectivity index (χ4n) is 3.34. The van der Waals surface area contributed by atoms with Crippen LogP contribution in [-0.2, 0) is 0 Å². The molecule has 0 aliphatic carbocycles. The summed E-state index contributed by atoms with van der Waals surface area (Å²) < 4.78 is 10.5. The number of nitrogens with zero attached hydrogens (tertiary/aromatic N) is 1. The number of benzene rings is 2. The lowest BCUT2D eigenvalue weighted by Crippen LogP contribution is -2.34. The molecule has 1 fully saturated rings. The monoisotopic (exact) mass is 340 g/mol. The molecular weight excluding hydrogens is 316 g/mol. The number of amides is 2. The Morgan fingerprint density at radius 2 is 1.92 bits per heavy atom. The molecule has 0 bridgehead atoms. The molecule has 25 heavy (non-hydrogen) atoms. The summed E-state index contributed by atoms with van der Waals surface area (Å²) >= 11 is 0. The third-order valence-corrected chi connectivity index (χ3v) is 4.58. The standard InChI is InChI=1S/C20H24N2O3/c1-14-6-4-7-15(12-14)17-8-5-11-22(17)20(23)21-16-9-10-18(24-2)19(13-16)25-3/h4,6-7,9-10,12-13,17H,5,8,11H2,1-3H3,(H,21,23). The van der Waals surface area contributed by atoms with E-state index in [4.69, 9.17) is 9.47 Å². The van der Waals surface area contributed by atoms with Crippen molar-refractivity contribution in [2.45, 2.75) is 25.8 Å². The topological polar surface area (TPSA) is 50.8 Å². The maximum absolute atomic E-state index is 12.8. The molecule has 132 valence electrons. The van der Waals surface area contributed by atoms with E-state index in [0.29, 0.717) is 17.2 Å². The summed E-state index contributed by atoms with van der Waals surface area (Å²) in [5.41, 5.74) is 3.10. The highest BCUT2D eigenvalue weighted by Gasteiger charge is 2.30. The predicted molar refractivity (Wildman–Crippen MR) is 98.4 cm³/mol. The lowest BCUT2D eigenvalue weighted by Gasteiger charge is -2.25. The molecular formula is C20H24N2O3. The van der Waals surface area contributed by atoms with Crippen molar-refractivity contribution in [3.8, 4) is 11.5 Å². The van der Waals surface area contributed by atoms with Crippen LogP contribution in [0, 0.1) is 6.92 Å². The van der Waals surface area contributed by atoms with Crippen LogP contribution < -0.4 is 14.8 Å². The molecule has 0 saturated carbocycles. The van der Waals surface area contributed by atoms with Crippen molar-refractivity contribution in [2.24, 2.45) is 0 Å². The summed E-state index contributed by atoms with van der Waals surface area (Å²) in [6.45, 7) is 2.84. The SMILES string of the molecule is COc1ccc(NC(=O)N2CCCC2c2cccc(C)c2)cc1OC. The van der Waals surface area contributed by atoms with E-state index in [1.54, 1.807) is 26.4 Å². The number of hydrogen-bond acceptors (Lipinski definition) is 3. The summed E-state index contributed by atoms with van der Waals surface area (Å²) in [5.74, 6) is 1.23. The molecule has 2 aromatic carbocycles. The van der Waals surface area contributed by atoms with E-state index < -0.39 is 0 Å². The first kappa shape index (κ1) is 17.1. The lowest BCUT2D eigenvalue weighted by atomic mass is 10.0. The summed E-state index contributed by atoms with van der Waals surface area (Å²) in [4.78, 5) is 14.7. The minimum Gasteiger partial charge on any atom is -0.493 e. The largest absolute Gasteiger partial charge is 0.493 e. The van der Waals surface area contributed by atoms with Crippen molar-refractivity contribution in [3.05, 3.63) is 53.6 Å². The van der Waals surface area contributed by atoms with E-state index >= 15 is 0 Å². The van der Waals surface area contributed by atoms with Gasteiger partial charge in [-0.05, 0) is 37.5 Å². The molecule has 5 heteroatoms. The Hall–Kier alpha value is -2.69. The Bertz CT molecular complexity index is 760. The minimum absolute atomic E-state index is 0.0868. The number of carbonyl (C=O) groups excluding carboxylic acids is 1. The first-order chi connectivity index (χ1) is 12.1. The highest BCUT2D eigenvalue weighted by molar-refractivity contribution is 5.90. The molecule has 5 nitrogen and oxygen atoms in total. The Morgan fingerprint density at radius 1 is 1.12 bits per heavy atom. The Morgan fingerprint density at radius 3 is 2.64 bits per heavy atom. The molecule has 2 amide bonds. The number of anilines is 1. The van der Waals surface area contributed by atoms with E-state index in [0.717, 1.165) is 19.4 Å². The number of likely N-dealkylation sites (tertiary alicyclic amines) is 1. The van der Waals surface area contributed by atoms with Gasteiger partial charge in [-0.2, -0.15) is 0 Å². The molecule has 2 aromatic rings. The first-order valence-electron chi connectivity index (χ1n) is 8.48. The van der Waals surface area contributed by atoms with Crippen LogP contribution in [0.1, 0.15) is 30.0 Å². The Balaban J connectivity index is 1.76. The summed E-state index contributed by atoms with van der Waals surface area (Å²) in [5, 5.41) is 2.98. The van der Waals surface area contributed by atoms with E-state index in [9.17, 15) is 4.79 Å². The van der Waals surface area contributed by atoms with Gasteiger partial charge < -0.3 is 19.7 Å². The Labute approximate surface area is 148 Å². The van der Waals surface area contributed by atoms with Crippen LogP contribution in [0.2, 0.25) is 0 Å². The molecule has 1 saturated heterocycles. The van der Waals surface area contributed by atoms with Gasteiger partial charge in [0, 0.05) is 18.3 Å². The van der Waals surface area contributed by atoms with Crippen LogP contribution in [-0.4, -0.2) is 31.7 Å². The number of methoxy groups -OCH3 is 2. The number of nitrogens with one attached hydrogen (secondary N) is 1. The number of rotatable bonds is 4. The van der Waals surface area contributed by atoms with Crippen molar-refractivity contribution in [1.82, 2.24) is 4.90 Å². The van der Waals surface area contributed by atoms with Crippen LogP contribution in [0.25, 0.3) is 0 Å². The van der Waals surface area contributed by atoms with Crippen molar-refractivity contribution >= 4 is 11.7 Å². The molecule has 1 atom stereocenters. The number of carbonyl (C=O) groups is 1. The quantitative estimate of drug-likeness (QED) is 0.898. The second-order valence-electron chi connectivity index (χ2n) is 6.27. The number of urea groups is 1. The molecule has 1 heterocycles. The van der Waals surface area contributed by atoms with Gasteiger partial charge in [0.1, 0.15) is 0 Å². The van der Waals surface area contributed by atoms with E-state index in [2.05, 4.69) is 30.4 Å². The van der Waals surface area contributed by atoms with Crippen LogP contribution in [0.15, 0.2) is 42.5 Å². The van der Waals surface area contributed by atoms with Gasteiger partial charge in [0.15, 0.2) is 11.5 Å². The number of hydrogen-bond donors (Lipinski definition) is 1. The highest BCUT2D eigenvalue weighted by atomic mass is 16.5. The summed E-state index contributed by atoms with van der Waals surface area (Å²) in [6.07, 6.45) is 2.00. The second kappa shape index (κ2) is 7.47. The van der Waals surface area contributed by atoms with Crippen molar-refractivity contribution in [3.63, 3.8) is 0 Å². The maximum atomic E-state index is 12.8. The van der Waals surface area contributed by atoms with Crippen LogP contribution in [0.4, 0.5) is 10.5 Å². The van der Waals surface area contributed by atoms with Gasteiger partial charge in [-0.3, -0.25) is 0 Å². The zero-order valence-electron chi connectivity index (χ0n) is 14.9. The van der Waals surface area contributed by atoms with Gasteiger partial charge in [0.05, 0.1) is 20.3 Å². The van der Waals surface area contributed by atoms with Crippen LogP contribution in [0.3, 0.4) is 0 Å². The average molecular weight is 340 g/mol. The number of ether oxygens (including phenoxy) is 2. The van der Waals surface area contributed by atoms with Gasteiger partial charge in [-0.15, -0.1) is 0 Å². The second-order valence-corrected chi connectivity index (χ2v) is 6.27. The molecule has 0 radical (unpaired) electrons. The van der Waals surface area contributed by atoms with Gasteiger partial charge in [0.2, 0.25) is 0 Å². The molecule has 0 aromatic heterocycles. The molecule has 1 N–H and O–H groups in total. The normalized spacial score (nSPS) is 16.6. The maximum Gasteiger partial charge on any atom is 0.322 e. The number of aryl methyl sites for hydroxylation is 1. The van der Waals surface area contributed by atoms with Crippen molar-refractivity contribution in [2.75, 3.05) is 26.1 Å². The van der Waals surface area contributed by atoms with Gasteiger partial charge in [0.25, 0.3) is 0 Å². The molecule has 1 aliphatic heterocycles. The fraction of sp³-hybridized carbons (Fsp3) is 0.350. The molecule has 1 aliphatic rings. The summed E-state index contributed by atoms with van der Waals surface area (Å²) in [6, 6.07) is 13.8. The zero-order chi connectivity index (χ0) is 17.8. The predicted octanol–water partition coefficient (Wildman–Crippen LogP) is 4.38. The summed E-state index contributed by atoms with van der Waals surface area (Å²) in [7, 11) is 3.17. The average Bonchev–Trinajstić information content (AvgIpc) is 3.11. The van der Waals surface area contributed by atoms with Gasteiger partial charge in [-0.25, -0.2) is 4.79 Å². The first-order valence-corrected chi connectivity index (χ1v) is 8.48. The van der Waals surface area contributed by atoms with E-state index in [-0.39, 0.29) is 12.1 Å². The van der Waals surface area contributed by atoms with E-state index in [1.807, 2.05) is 17.0 Å². The lowest BCUT2D eigenvalue weighted by molar-refractivity contribution is 0.207. The molecule has 0 spiro atoms. The van der Waals surface area contributed by atoms with Gasteiger partial charge in [-0.1, -0.05) is 29.8 Å². The van der Waals surface area contributed by atoms with Crippen molar-refractivity contribution in [1.29, 1.82) is 0 Å². The van der Waals surface area contributed by atoms with Crippen LogP contribution in [0.5, 0.6) is 11.5 Å². The third-order valence-electron chi connectivity index (χ3n) is 4.58. The minimum atomic E-state index is -0.0868. The smallest absolute Gasteiger partial charge is 0.322 e. The third kappa shape index (κ3) is 3.71. The Kier molecular flexibility index (Phi) is 5.12. The highest BCUT2D eigenvalue weighted by Crippen LogP contribution is 2.34. The molecule has 1 unspecified atom stereocenters. The van der Waals surface area contributed by atoms with Crippen molar-refractivity contribution < 1.29 is 14.3 Å². The van der Waals surface area contributed by atoms with Gasteiger partial charge >= 0.3 is 6.03 Å². The van der Waals surface area contributed by atoms with E-state index in [1.165, 1.54) is 11.1 Å². The zero-order valence-corrected chi connectivity index (χ0v) is 14.9.